The molecule has 0 radical (unpaired) electrons. The van der Waals surface area contributed by atoms with Crippen LogP contribution in [-0.2, 0) is 13.1 Å². The molecule has 1 aliphatic heterocycles. The lowest BCUT2D eigenvalue weighted by molar-refractivity contribution is 0.200. The number of hydrogen-bond donors (Lipinski definition) is 2. The number of fused-ring (bicyclic) bond motifs is 1. The van der Waals surface area contributed by atoms with Crippen LogP contribution < -0.4 is 10.9 Å². The lowest BCUT2D eigenvalue weighted by Crippen LogP contribution is -2.43. The highest BCUT2D eigenvalue weighted by Gasteiger charge is 2.24. The van der Waals surface area contributed by atoms with Crippen molar-refractivity contribution in [3.8, 4) is 0 Å². The Kier molecular flexibility index (Phi) is 4.58. The van der Waals surface area contributed by atoms with E-state index in [1.165, 1.54) is 0 Å². The van der Waals surface area contributed by atoms with Crippen LogP contribution in [0.1, 0.15) is 31.4 Å². The number of aromatic amines is 1. The van der Waals surface area contributed by atoms with Gasteiger partial charge in [-0.15, -0.1) is 0 Å². The summed E-state index contributed by atoms with van der Waals surface area (Å²) < 4.78 is 2.37. The second-order valence-corrected chi connectivity index (χ2v) is 6.26. The van der Waals surface area contributed by atoms with E-state index in [0.717, 1.165) is 23.4 Å². The summed E-state index contributed by atoms with van der Waals surface area (Å²) >= 11 is 5.36. The molecule has 0 amide bonds. The summed E-state index contributed by atoms with van der Waals surface area (Å²) in [4.78, 5) is 21.5. The molecule has 122 valence electrons. The number of aromatic nitrogens is 3. The highest BCUT2D eigenvalue weighted by Crippen LogP contribution is 2.22. The van der Waals surface area contributed by atoms with Gasteiger partial charge in [0, 0.05) is 25.0 Å². The third-order valence-corrected chi connectivity index (χ3v) is 4.71. The van der Waals surface area contributed by atoms with Crippen LogP contribution in [0.3, 0.4) is 0 Å². The summed E-state index contributed by atoms with van der Waals surface area (Å²) in [5.74, 6) is 0.821. The first kappa shape index (κ1) is 15.9. The Hall–Kier alpha value is -1.99. The van der Waals surface area contributed by atoms with Gasteiger partial charge < -0.3 is 9.88 Å². The first-order valence-electron chi connectivity index (χ1n) is 7.83. The maximum Gasteiger partial charge on any atom is 0.258 e. The second-order valence-electron chi connectivity index (χ2n) is 5.87. The van der Waals surface area contributed by atoms with E-state index in [0.29, 0.717) is 30.6 Å². The summed E-state index contributed by atoms with van der Waals surface area (Å²) in [6.07, 6.45) is 4.60. The van der Waals surface area contributed by atoms with Gasteiger partial charge in [0.2, 0.25) is 0 Å². The van der Waals surface area contributed by atoms with E-state index in [1.54, 1.807) is 6.20 Å². The topological polar surface area (TPSA) is 66.0 Å². The van der Waals surface area contributed by atoms with E-state index in [2.05, 4.69) is 34.0 Å². The maximum absolute atomic E-state index is 12.3. The Morgan fingerprint density at radius 2 is 2.30 bits per heavy atom. The van der Waals surface area contributed by atoms with Crippen molar-refractivity contribution in [3.05, 3.63) is 50.8 Å². The van der Waals surface area contributed by atoms with Crippen molar-refractivity contribution < 1.29 is 0 Å². The molecule has 0 bridgehead atoms. The van der Waals surface area contributed by atoms with Crippen LogP contribution in [0.4, 0.5) is 5.82 Å². The van der Waals surface area contributed by atoms with E-state index >= 15 is 0 Å². The Labute approximate surface area is 140 Å². The van der Waals surface area contributed by atoms with Crippen molar-refractivity contribution in [2.24, 2.45) is 0 Å². The van der Waals surface area contributed by atoms with Gasteiger partial charge in [-0.25, -0.2) is 0 Å². The first-order valence-corrected chi connectivity index (χ1v) is 8.23. The molecule has 1 atom stereocenters. The van der Waals surface area contributed by atoms with Gasteiger partial charge in [-0.2, -0.15) is 0 Å². The summed E-state index contributed by atoms with van der Waals surface area (Å²) in [6.45, 7) is 6.26. The molecule has 0 fully saturated rings. The van der Waals surface area contributed by atoms with Crippen molar-refractivity contribution in [2.75, 3.05) is 12.0 Å². The Bertz CT molecular complexity index is 798. The van der Waals surface area contributed by atoms with E-state index in [1.807, 2.05) is 22.9 Å². The standard InChI is InChI=1S/C16H21N5OS/c1-3-11(2)20-9-13-14(18-10-20)21(16(23)19-15(13)22)8-12-5-4-6-17-7-12/h4-7,11,18H,3,8-10H2,1-2H3,(H,19,22,23)/t11-/m1/s1. The largest absolute Gasteiger partial charge is 0.358 e. The zero-order valence-corrected chi connectivity index (χ0v) is 14.2. The number of nitrogens with one attached hydrogen (secondary N) is 2. The highest BCUT2D eigenvalue weighted by molar-refractivity contribution is 7.71. The van der Waals surface area contributed by atoms with Gasteiger partial charge in [-0.05, 0) is 37.2 Å². The van der Waals surface area contributed by atoms with Crippen LogP contribution in [0.15, 0.2) is 29.3 Å². The molecule has 2 N–H and O–H groups in total. The molecule has 3 rings (SSSR count). The van der Waals surface area contributed by atoms with Gasteiger partial charge in [0.15, 0.2) is 4.77 Å². The van der Waals surface area contributed by atoms with Crippen LogP contribution in [0.5, 0.6) is 0 Å². The van der Waals surface area contributed by atoms with Crippen molar-refractivity contribution in [2.45, 2.75) is 39.4 Å². The molecule has 7 heteroatoms. The number of pyridine rings is 1. The highest BCUT2D eigenvalue weighted by atomic mass is 32.1. The zero-order chi connectivity index (χ0) is 16.4. The average Bonchev–Trinajstić information content (AvgIpc) is 2.58. The zero-order valence-electron chi connectivity index (χ0n) is 13.4. The van der Waals surface area contributed by atoms with Crippen molar-refractivity contribution in [1.82, 2.24) is 19.4 Å². The monoisotopic (exact) mass is 331 g/mol. The Morgan fingerprint density at radius 1 is 1.48 bits per heavy atom. The van der Waals surface area contributed by atoms with Gasteiger partial charge in [-0.3, -0.25) is 19.7 Å². The molecule has 0 spiro atoms. The van der Waals surface area contributed by atoms with Crippen molar-refractivity contribution in [1.29, 1.82) is 0 Å². The molecule has 2 aromatic heterocycles. The minimum atomic E-state index is -0.104. The number of hydrogen-bond acceptors (Lipinski definition) is 5. The molecule has 6 nitrogen and oxygen atoms in total. The fourth-order valence-corrected chi connectivity index (χ4v) is 3.04. The molecule has 0 aliphatic carbocycles. The molecular weight excluding hydrogens is 310 g/mol. The summed E-state index contributed by atoms with van der Waals surface area (Å²) in [5.41, 5.74) is 1.69. The van der Waals surface area contributed by atoms with Crippen molar-refractivity contribution in [3.63, 3.8) is 0 Å². The summed E-state index contributed by atoms with van der Waals surface area (Å²) in [5, 5.41) is 3.38. The molecule has 0 aromatic carbocycles. The van der Waals surface area contributed by atoms with Crippen molar-refractivity contribution >= 4 is 18.0 Å². The van der Waals surface area contributed by atoms with E-state index in [9.17, 15) is 4.79 Å². The van der Waals surface area contributed by atoms with E-state index in [4.69, 9.17) is 12.2 Å². The van der Waals surface area contributed by atoms with Gasteiger partial charge in [0.1, 0.15) is 5.82 Å². The molecule has 3 heterocycles. The molecule has 23 heavy (non-hydrogen) atoms. The predicted molar refractivity (Wildman–Crippen MR) is 93.0 cm³/mol. The number of anilines is 1. The first-order chi connectivity index (χ1) is 11.1. The van der Waals surface area contributed by atoms with E-state index < -0.39 is 0 Å². The van der Waals surface area contributed by atoms with Crippen LogP contribution in [0.25, 0.3) is 0 Å². The van der Waals surface area contributed by atoms with Gasteiger partial charge in [-0.1, -0.05) is 13.0 Å². The minimum absolute atomic E-state index is 0.104. The molecular formula is C16H21N5OS. The summed E-state index contributed by atoms with van der Waals surface area (Å²) in [6, 6.07) is 4.32. The molecule has 0 saturated carbocycles. The van der Waals surface area contributed by atoms with Crippen LogP contribution >= 0.6 is 12.2 Å². The smallest absolute Gasteiger partial charge is 0.258 e. The lowest BCUT2D eigenvalue weighted by atomic mass is 10.1. The van der Waals surface area contributed by atoms with Crippen LogP contribution in [0.2, 0.25) is 0 Å². The third-order valence-electron chi connectivity index (χ3n) is 4.38. The number of H-pyrrole nitrogens is 1. The SMILES string of the molecule is CC[C@@H](C)N1CNc2c(c(=O)[nH]c(=S)n2Cc2cccnc2)C1. The minimum Gasteiger partial charge on any atom is -0.358 e. The maximum atomic E-state index is 12.3. The number of rotatable bonds is 4. The number of nitrogens with zero attached hydrogens (tertiary/aromatic N) is 3. The van der Waals surface area contributed by atoms with E-state index in [-0.39, 0.29) is 5.56 Å². The normalized spacial score (nSPS) is 15.7. The van der Waals surface area contributed by atoms with Gasteiger partial charge in [0.05, 0.1) is 18.8 Å². The second kappa shape index (κ2) is 6.64. The average molecular weight is 331 g/mol. The Morgan fingerprint density at radius 3 is 3.00 bits per heavy atom. The fourth-order valence-electron chi connectivity index (χ4n) is 2.79. The van der Waals surface area contributed by atoms with Gasteiger partial charge in [0.25, 0.3) is 5.56 Å². The van der Waals surface area contributed by atoms with Crippen LogP contribution in [0, 0.1) is 4.77 Å². The molecule has 0 saturated heterocycles. The molecule has 0 unspecified atom stereocenters. The fraction of sp³-hybridized carbons (Fsp3) is 0.438. The lowest BCUT2D eigenvalue weighted by Gasteiger charge is -2.34. The summed E-state index contributed by atoms with van der Waals surface area (Å²) in [7, 11) is 0. The van der Waals surface area contributed by atoms with Gasteiger partial charge >= 0.3 is 0 Å². The quantitative estimate of drug-likeness (QED) is 0.842. The Balaban J connectivity index is 2.00. The third kappa shape index (κ3) is 3.20. The van der Waals surface area contributed by atoms with Crippen LogP contribution in [-0.4, -0.2) is 32.1 Å². The molecule has 2 aromatic rings. The predicted octanol–water partition coefficient (Wildman–Crippen LogP) is 2.33. The molecule has 1 aliphatic rings.